The van der Waals surface area contributed by atoms with Crippen LogP contribution in [-0.4, -0.2) is 39.9 Å². The Kier molecular flexibility index (Phi) is 6.70. The van der Waals surface area contributed by atoms with E-state index in [2.05, 4.69) is 5.32 Å². The van der Waals surface area contributed by atoms with Crippen LogP contribution in [0, 0.1) is 0 Å². The molecular formula is C13H20N2O4. The standard InChI is InChI=1S/C13H20N2O4/c1-17-11-4-3-10(7-12(11)18-2)8-15-5-6-19-9-13(14)16/h3-4,7,15H,5-6,8-9H2,1-2H3,(H2,14,16). The van der Waals surface area contributed by atoms with E-state index < -0.39 is 5.91 Å². The first-order chi connectivity index (χ1) is 9.17. The Morgan fingerprint density at radius 2 is 2.00 bits per heavy atom. The lowest BCUT2D eigenvalue weighted by atomic mass is 10.2. The monoisotopic (exact) mass is 268 g/mol. The van der Waals surface area contributed by atoms with Gasteiger partial charge in [0.05, 0.1) is 20.8 Å². The van der Waals surface area contributed by atoms with Gasteiger partial charge in [-0.05, 0) is 17.7 Å². The molecule has 0 fully saturated rings. The highest BCUT2D eigenvalue weighted by atomic mass is 16.5. The molecule has 1 amide bonds. The van der Waals surface area contributed by atoms with Crippen LogP contribution < -0.4 is 20.5 Å². The number of ether oxygens (including phenoxy) is 3. The molecule has 0 saturated heterocycles. The molecule has 0 unspecified atom stereocenters. The minimum atomic E-state index is -0.458. The van der Waals surface area contributed by atoms with Gasteiger partial charge in [0.25, 0.3) is 0 Å². The molecule has 6 nitrogen and oxygen atoms in total. The maximum atomic E-state index is 10.4. The van der Waals surface area contributed by atoms with Crippen LogP contribution in [0.3, 0.4) is 0 Å². The second-order valence-corrected chi connectivity index (χ2v) is 3.89. The molecule has 0 spiro atoms. The van der Waals surface area contributed by atoms with Gasteiger partial charge in [0, 0.05) is 13.1 Å². The average molecular weight is 268 g/mol. The maximum absolute atomic E-state index is 10.4. The molecule has 0 aliphatic rings. The van der Waals surface area contributed by atoms with Gasteiger partial charge < -0.3 is 25.3 Å². The molecule has 1 aromatic carbocycles. The molecule has 0 aliphatic carbocycles. The van der Waals surface area contributed by atoms with Crippen LogP contribution >= 0.6 is 0 Å². The minimum Gasteiger partial charge on any atom is -0.493 e. The van der Waals surface area contributed by atoms with Crippen molar-refractivity contribution in [3.05, 3.63) is 23.8 Å². The summed E-state index contributed by atoms with van der Waals surface area (Å²) in [6.45, 7) is 1.72. The predicted molar refractivity (Wildman–Crippen MR) is 71.3 cm³/mol. The van der Waals surface area contributed by atoms with Crippen LogP contribution in [0.1, 0.15) is 5.56 Å². The first kappa shape index (κ1) is 15.3. The van der Waals surface area contributed by atoms with Crippen LogP contribution in [-0.2, 0) is 16.1 Å². The number of benzene rings is 1. The lowest BCUT2D eigenvalue weighted by Gasteiger charge is -2.10. The van der Waals surface area contributed by atoms with E-state index in [1.807, 2.05) is 18.2 Å². The highest BCUT2D eigenvalue weighted by molar-refractivity contribution is 5.74. The van der Waals surface area contributed by atoms with Crippen molar-refractivity contribution in [1.29, 1.82) is 0 Å². The van der Waals surface area contributed by atoms with Crippen molar-refractivity contribution in [3.63, 3.8) is 0 Å². The zero-order valence-electron chi connectivity index (χ0n) is 11.3. The molecule has 19 heavy (non-hydrogen) atoms. The van der Waals surface area contributed by atoms with Crippen LogP contribution in [0.2, 0.25) is 0 Å². The predicted octanol–water partition coefficient (Wildman–Crippen LogP) is 0.295. The summed E-state index contributed by atoms with van der Waals surface area (Å²) in [5.41, 5.74) is 6.02. The number of hydrogen-bond acceptors (Lipinski definition) is 5. The summed E-state index contributed by atoms with van der Waals surface area (Å²) >= 11 is 0. The molecule has 0 saturated carbocycles. The summed E-state index contributed by atoms with van der Waals surface area (Å²) in [5.74, 6) is 0.947. The number of methoxy groups -OCH3 is 2. The van der Waals surface area contributed by atoms with Crippen LogP contribution in [0.5, 0.6) is 11.5 Å². The fourth-order valence-corrected chi connectivity index (χ4v) is 1.54. The van der Waals surface area contributed by atoms with Crippen molar-refractivity contribution < 1.29 is 19.0 Å². The van der Waals surface area contributed by atoms with E-state index in [0.29, 0.717) is 31.2 Å². The van der Waals surface area contributed by atoms with Gasteiger partial charge in [-0.3, -0.25) is 4.79 Å². The van der Waals surface area contributed by atoms with Gasteiger partial charge in [-0.15, -0.1) is 0 Å². The van der Waals surface area contributed by atoms with Gasteiger partial charge in [-0.2, -0.15) is 0 Å². The van der Waals surface area contributed by atoms with E-state index in [1.54, 1.807) is 14.2 Å². The SMILES string of the molecule is COc1ccc(CNCCOCC(N)=O)cc1OC. The van der Waals surface area contributed by atoms with Gasteiger partial charge in [-0.25, -0.2) is 0 Å². The fraction of sp³-hybridized carbons (Fsp3) is 0.462. The van der Waals surface area contributed by atoms with Gasteiger partial charge in [0.15, 0.2) is 11.5 Å². The summed E-state index contributed by atoms with van der Waals surface area (Å²) < 4.78 is 15.4. The molecule has 1 aromatic rings. The van der Waals surface area contributed by atoms with Gasteiger partial charge in [0.1, 0.15) is 6.61 Å². The maximum Gasteiger partial charge on any atom is 0.243 e. The summed E-state index contributed by atoms with van der Waals surface area (Å²) in [6.07, 6.45) is 0. The van der Waals surface area contributed by atoms with Gasteiger partial charge >= 0.3 is 0 Å². The largest absolute Gasteiger partial charge is 0.493 e. The van der Waals surface area contributed by atoms with Gasteiger partial charge in [-0.1, -0.05) is 6.07 Å². The topological polar surface area (TPSA) is 82.8 Å². The van der Waals surface area contributed by atoms with E-state index >= 15 is 0 Å². The molecule has 1 rings (SSSR count). The Bertz CT molecular complexity index is 410. The zero-order valence-corrected chi connectivity index (χ0v) is 11.3. The number of amides is 1. The molecule has 0 bridgehead atoms. The number of carbonyl (C=O) groups excluding carboxylic acids is 1. The quantitative estimate of drug-likeness (QED) is 0.629. The summed E-state index contributed by atoms with van der Waals surface area (Å²) in [6, 6.07) is 5.73. The van der Waals surface area contributed by atoms with Crippen molar-refractivity contribution in [2.45, 2.75) is 6.54 Å². The smallest absolute Gasteiger partial charge is 0.243 e. The zero-order chi connectivity index (χ0) is 14.1. The van der Waals surface area contributed by atoms with E-state index in [0.717, 1.165) is 5.56 Å². The lowest BCUT2D eigenvalue weighted by molar-refractivity contribution is -0.122. The van der Waals surface area contributed by atoms with Crippen molar-refractivity contribution in [3.8, 4) is 11.5 Å². The average Bonchev–Trinajstić information content (AvgIpc) is 2.42. The van der Waals surface area contributed by atoms with Gasteiger partial charge in [0.2, 0.25) is 5.91 Å². The molecular weight excluding hydrogens is 248 g/mol. The van der Waals surface area contributed by atoms with Crippen molar-refractivity contribution >= 4 is 5.91 Å². The first-order valence-electron chi connectivity index (χ1n) is 5.95. The highest BCUT2D eigenvalue weighted by Gasteiger charge is 2.04. The second kappa shape index (κ2) is 8.34. The van der Waals surface area contributed by atoms with Crippen molar-refractivity contribution in [1.82, 2.24) is 5.32 Å². The summed E-state index contributed by atoms with van der Waals surface area (Å²) in [5, 5.41) is 3.19. The number of primary amides is 1. The van der Waals surface area contributed by atoms with E-state index in [1.165, 1.54) is 0 Å². The number of rotatable bonds is 9. The number of nitrogens with two attached hydrogens (primary N) is 1. The third kappa shape index (κ3) is 5.58. The molecule has 0 aromatic heterocycles. The van der Waals surface area contributed by atoms with Crippen molar-refractivity contribution in [2.24, 2.45) is 5.73 Å². The fourth-order valence-electron chi connectivity index (χ4n) is 1.54. The Labute approximate surface area is 112 Å². The molecule has 0 atom stereocenters. The second-order valence-electron chi connectivity index (χ2n) is 3.89. The van der Waals surface area contributed by atoms with Crippen LogP contribution in [0.25, 0.3) is 0 Å². The molecule has 106 valence electrons. The Hall–Kier alpha value is -1.79. The molecule has 0 heterocycles. The lowest BCUT2D eigenvalue weighted by Crippen LogP contribution is -2.23. The number of nitrogens with one attached hydrogen (secondary N) is 1. The Morgan fingerprint density at radius 3 is 2.63 bits per heavy atom. The first-order valence-corrected chi connectivity index (χ1v) is 5.95. The Balaban J connectivity index is 2.31. The molecule has 0 aliphatic heterocycles. The van der Waals surface area contributed by atoms with E-state index in [-0.39, 0.29) is 6.61 Å². The Morgan fingerprint density at radius 1 is 1.26 bits per heavy atom. The van der Waals surface area contributed by atoms with Crippen molar-refractivity contribution in [2.75, 3.05) is 34.0 Å². The van der Waals surface area contributed by atoms with E-state index in [9.17, 15) is 4.79 Å². The van der Waals surface area contributed by atoms with Crippen LogP contribution in [0.15, 0.2) is 18.2 Å². The number of hydrogen-bond donors (Lipinski definition) is 2. The molecule has 0 radical (unpaired) electrons. The third-order valence-electron chi connectivity index (χ3n) is 2.44. The summed E-state index contributed by atoms with van der Waals surface area (Å²) in [4.78, 5) is 10.4. The minimum absolute atomic E-state index is 0.0436. The highest BCUT2D eigenvalue weighted by Crippen LogP contribution is 2.27. The van der Waals surface area contributed by atoms with E-state index in [4.69, 9.17) is 19.9 Å². The van der Waals surface area contributed by atoms with Crippen LogP contribution in [0.4, 0.5) is 0 Å². The third-order valence-corrected chi connectivity index (χ3v) is 2.44. The molecule has 3 N–H and O–H groups in total. The normalized spacial score (nSPS) is 10.2. The molecule has 6 heteroatoms. The number of carbonyl (C=O) groups is 1. The summed E-state index contributed by atoms with van der Waals surface area (Å²) in [7, 11) is 3.21.